The second kappa shape index (κ2) is 16.4. The van der Waals surface area contributed by atoms with Crippen LogP contribution in [-0.2, 0) is 0 Å². The highest BCUT2D eigenvalue weighted by Crippen LogP contribution is 2.41. The molecule has 1 amide bonds. The normalized spacial score (nSPS) is 13.4. The molecule has 1 aliphatic heterocycles. The number of aromatic nitrogens is 2. The summed E-state index contributed by atoms with van der Waals surface area (Å²) in [5.41, 5.74) is 4.04. The fraction of sp³-hybridized carbons (Fsp3) is 0.378. The van der Waals surface area contributed by atoms with E-state index in [1.807, 2.05) is 32.9 Å². The zero-order valence-electron chi connectivity index (χ0n) is 30.0. The third-order valence-electron chi connectivity index (χ3n) is 8.45. The number of aryl methyl sites for hydroxylation is 3. The minimum absolute atomic E-state index is 0.225. The number of ether oxygens (including phenoxy) is 6. The van der Waals surface area contributed by atoms with Gasteiger partial charge in [-0.1, -0.05) is 17.7 Å². The monoisotopic (exact) mass is 686 g/mol. The number of hydrogen-bond acceptors (Lipinski definition) is 12. The SMILES string of the molecule is COc1ccc(OC(=O)N(c2ccnc(Nc3cc(OC)c(OCCN4CCN(C)CC4)c(OC)c3)n2)c2c(C)cc(C)cc2C)c(OC)c1. The van der Waals surface area contributed by atoms with Gasteiger partial charge in [-0.25, -0.2) is 14.7 Å². The molecule has 0 radical (unpaired) electrons. The largest absolute Gasteiger partial charge is 0.497 e. The molecule has 266 valence electrons. The van der Waals surface area contributed by atoms with Gasteiger partial charge >= 0.3 is 6.09 Å². The van der Waals surface area contributed by atoms with E-state index < -0.39 is 6.09 Å². The average Bonchev–Trinajstić information content (AvgIpc) is 3.11. The van der Waals surface area contributed by atoms with Gasteiger partial charge in [0.15, 0.2) is 23.0 Å². The van der Waals surface area contributed by atoms with Crippen LogP contribution >= 0.6 is 0 Å². The molecule has 3 aromatic carbocycles. The van der Waals surface area contributed by atoms with Gasteiger partial charge in [0.25, 0.3) is 0 Å². The van der Waals surface area contributed by atoms with E-state index in [1.54, 1.807) is 63.9 Å². The number of carbonyl (C=O) groups is 1. The van der Waals surface area contributed by atoms with Crippen LogP contribution in [0.3, 0.4) is 0 Å². The molecule has 1 saturated heterocycles. The molecule has 2 heterocycles. The number of nitrogens with zero attached hydrogens (tertiary/aromatic N) is 5. The van der Waals surface area contributed by atoms with E-state index in [2.05, 4.69) is 27.1 Å². The number of piperazine rings is 1. The number of anilines is 4. The summed E-state index contributed by atoms with van der Waals surface area (Å²) >= 11 is 0. The molecular weight excluding hydrogens is 640 g/mol. The van der Waals surface area contributed by atoms with Crippen molar-refractivity contribution in [3.05, 3.63) is 71.4 Å². The third kappa shape index (κ3) is 8.47. The summed E-state index contributed by atoms with van der Waals surface area (Å²) in [4.78, 5) is 29.4. The first-order valence-corrected chi connectivity index (χ1v) is 16.4. The molecule has 0 bridgehead atoms. The number of benzene rings is 3. The van der Waals surface area contributed by atoms with Gasteiger partial charge in [0, 0.05) is 68.9 Å². The average molecular weight is 687 g/mol. The van der Waals surface area contributed by atoms with Crippen molar-refractivity contribution in [3.63, 3.8) is 0 Å². The van der Waals surface area contributed by atoms with Gasteiger partial charge in [-0.2, -0.15) is 4.98 Å². The van der Waals surface area contributed by atoms with Crippen LogP contribution in [0.5, 0.6) is 34.5 Å². The molecule has 1 N–H and O–H groups in total. The highest BCUT2D eigenvalue weighted by atomic mass is 16.6. The van der Waals surface area contributed by atoms with Crippen LogP contribution in [0.15, 0.2) is 54.7 Å². The predicted octanol–water partition coefficient (Wildman–Crippen LogP) is 6.14. The quantitative estimate of drug-likeness (QED) is 0.174. The minimum atomic E-state index is -0.686. The van der Waals surface area contributed by atoms with E-state index in [9.17, 15) is 4.79 Å². The van der Waals surface area contributed by atoms with Crippen molar-refractivity contribution in [1.29, 1.82) is 0 Å². The van der Waals surface area contributed by atoms with E-state index >= 15 is 0 Å². The van der Waals surface area contributed by atoms with Crippen LogP contribution in [0.4, 0.5) is 27.9 Å². The van der Waals surface area contributed by atoms with Crippen molar-refractivity contribution in [1.82, 2.24) is 19.8 Å². The van der Waals surface area contributed by atoms with Crippen LogP contribution in [0.25, 0.3) is 0 Å². The smallest absolute Gasteiger partial charge is 0.425 e. The number of amides is 1. The maximum atomic E-state index is 14.1. The summed E-state index contributed by atoms with van der Waals surface area (Å²) in [6, 6.07) is 14.2. The zero-order valence-corrected chi connectivity index (χ0v) is 30.0. The number of likely N-dealkylation sites (N-methyl/N-ethyl adjacent to an activating group) is 1. The Morgan fingerprint density at radius 1 is 0.820 bits per heavy atom. The van der Waals surface area contributed by atoms with Crippen molar-refractivity contribution < 1.29 is 33.2 Å². The Morgan fingerprint density at radius 2 is 1.48 bits per heavy atom. The molecule has 1 aliphatic rings. The Labute approximate surface area is 293 Å². The zero-order chi connectivity index (χ0) is 35.8. The topological polar surface area (TPSA) is 120 Å². The van der Waals surface area contributed by atoms with Crippen molar-refractivity contribution >= 4 is 29.2 Å². The fourth-order valence-electron chi connectivity index (χ4n) is 5.93. The Balaban J connectivity index is 1.43. The van der Waals surface area contributed by atoms with Gasteiger partial charge in [-0.15, -0.1) is 0 Å². The van der Waals surface area contributed by atoms with E-state index in [0.717, 1.165) is 49.4 Å². The van der Waals surface area contributed by atoms with Crippen molar-refractivity contribution in [3.8, 4) is 34.5 Å². The Morgan fingerprint density at radius 3 is 2.10 bits per heavy atom. The first kappa shape index (κ1) is 36.0. The maximum absolute atomic E-state index is 14.1. The number of methoxy groups -OCH3 is 4. The summed E-state index contributed by atoms with van der Waals surface area (Å²) in [5, 5.41) is 3.23. The van der Waals surface area contributed by atoms with Crippen LogP contribution in [0.2, 0.25) is 0 Å². The minimum Gasteiger partial charge on any atom is -0.497 e. The van der Waals surface area contributed by atoms with E-state index in [1.165, 1.54) is 12.0 Å². The number of nitrogens with one attached hydrogen (secondary N) is 1. The number of carbonyl (C=O) groups excluding carboxylic acids is 1. The molecule has 0 spiro atoms. The summed E-state index contributed by atoms with van der Waals surface area (Å²) in [7, 11) is 8.35. The Kier molecular flexibility index (Phi) is 11.8. The molecule has 1 fully saturated rings. The van der Waals surface area contributed by atoms with E-state index in [4.69, 9.17) is 33.4 Å². The summed E-state index contributed by atoms with van der Waals surface area (Å²) < 4.78 is 34.3. The lowest BCUT2D eigenvalue weighted by atomic mass is 10.0. The van der Waals surface area contributed by atoms with Crippen LogP contribution in [0, 0.1) is 20.8 Å². The Hall–Kier alpha value is -5.27. The van der Waals surface area contributed by atoms with Crippen molar-refractivity contribution in [2.75, 3.05) is 85.0 Å². The molecular formula is C37H46N6O7. The lowest BCUT2D eigenvalue weighted by Crippen LogP contribution is -2.45. The predicted molar refractivity (Wildman–Crippen MR) is 193 cm³/mol. The highest BCUT2D eigenvalue weighted by molar-refractivity contribution is 5.98. The Bertz CT molecular complexity index is 1750. The van der Waals surface area contributed by atoms with Crippen molar-refractivity contribution in [2.24, 2.45) is 0 Å². The molecule has 13 heteroatoms. The second-order valence-corrected chi connectivity index (χ2v) is 12.0. The van der Waals surface area contributed by atoms with Gasteiger partial charge in [0.05, 0.1) is 34.1 Å². The molecule has 50 heavy (non-hydrogen) atoms. The van der Waals surface area contributed by atoms with Crippen LogP contribution in [0.1, 0.15) is 16.7 Å². The maximum Gasteiger partial charge on any atom is 0.425 e. The summed E-state index contributed by atoms with van der Waals surface area (Å²) in [6.07, 6.45) is 0.886. The van der Waals surface area contributed by atoms with Crippen LogP contribution in [-0.4, -0.2) is 101 Å². The van der Waals surface area contributed by atoms with E-state index in [-0.39, 0.29) is 17.5 Å². The molecule has 0 saturated carbocycles. The molecule has 1 aromatic heterocycles. The van der Waals surface area contributed by atoms with Gasteiger partial charge in [0.1, 0.15) is 18.2 Å². The third-order valence-corrected chi connectivity index (χ3v) is 8.45. The van der Waals surface area contributed by atoms with Crippen LogP contribution < -0.4 is 38.6 Å². The molecule has 0 aliphatic carbocycles. The van der Waals surface area contributed by atoms with Crippen molar-refractivity contribution in [2.45, 2.75) is 20.8 Å². The lowest BCUT2D eigenvalue weighted by molar-refractivity contribution is 0.131. The molecule has 5 rings (SSSR count). The molecule has 0 unspecified atom stereocenters. The summed E-state index contributed by atoms with van der Waals surface area (Å²) in [5.74, 6) is 3.15. The molecule has 4 aromatic rings. The fourth-order valence-corrected chi connectivity index (χ4v) is 5.93. The second-order valence-electron chi connectivity index (χ2n) is 12.0. The van der Waals surface area contributed by atoms with E-state index in [0.29, 0.717) is 46.7 Å². The molecule has 13 nitrogen and oxygen atoms in total. The first-order valence-electron chi connectivity index (χ1n) is 16.4. The highest BCUT2D eigenvalue weighted by Gasteiger charge is 2.27. The number of hydrogen-bond donors (Lipinski definition) is 1. The van der Waals surface area contributed by atoms with Gasteiger partial charge in [0.2, 0.25) is 11.7 Å². The standard InChI is InChI=1S/C37H46N6O7/c1-24-19-25(2)34(26(3)20-24)43(37(44)50-29-10-9-28(45-5)23-30(29)46-6)33-11-12-38-36(40-33)39-27-21-31(47-7)35(32(22-27)48-8)49-18-17-42-15-13-41(4)14-16-42/h9-12,19-23H,13-18H2,1-8H3,(H,38,39,40). The summed E-state index contributed by atoms with van der Waals surface area (Å²) in [6.45, 7) is 11.3. The van der Waals surface area contributed by atoms with Gasteiger partial charge in [-0.05, 0) is 51.1 Å². The van der Waals surface area contributed by atoms with Gasteiger partial charge in [-0.3, -0.25) is 4.90 Å². The number of rotatable bonds is 13. The lowest BCUT2D eigenvalue weighted by Gasteiger charge is -2.32. The molecule has 0 atom stereocenters. The first-order chi connectivity index (χ1) is 24.1. The van der Waals surface area contributed by atoms with Gasteiger partial charge < -0.3 is 38.6 Å².